The Morgan fingerprint density at radius 1 is 1.28 bits per heavy atom. The molecule has 0 bridgehead atoms. The van der Waals surface area contributed by atoms with Crippen molar-refractivity contribution in [1.82, 2.24) is 20.2 Å². The molecule has 2 amide bonds. The van der Waals surface area contributed by atoms with Gasteiger partial charge in [-0.05, 0) is 29.7 Å². The van der Waals surface area contributed by atoms with Crippen LogP contribution in [-0.4, -0.2) is 34.0 Å². The molecule has 1 aliphatic heterocycles. The number of carbonyl (C=O) groups excluding carboxylic acids is 1. The van der Waals surface area contributed by atoms with Crippen LogP contribution in [0.5, 0.6) is 0 Å². The smallest absolute Gasteiger partial charge is 0.334 e. The second-order valence-corrected chi connectivity index (χ2v) is 5.93. The first kappa shape index (κ1) is 17.2. The number of alkyl halides is 3. The Balaban J connectivity index is 1.52. The van der Waals surface area contributed by atoms with E-state index in [1.54, 1.807) is 17.3 Å². The van der Waals surface area contributed by atoms with E-state index in [-0.39, 0.29) is 18.5 Å². The second-order valence-electron chi connectivity index (χ2n) is 5.93. The van der Waals surface area contributed by atoms with E-state index >= 15 is 0 Å². The number of rotatable bonds is 3. The van der Waals surface area contributed by atoms with Crippen molar-refractivity contribution in [1.29, 1.82) is 0 Å². The van der Waals surface area contributed by atoms with Gasteiger partial charge in [-0.1, -0.05) is 12.1 Å². The van der Waals surface area contributed by atoms with Crippen LogP contribution in [0.1, 0.15) is 29.2 Å². The van der Waals surface area contributed by atoms with Crippen molar-refractivity contribution in [2.75, 3.05) is 13.1 Å². The van der Waals surface area contributed by atoms with Crippen LogP contribution in [0.3, 0.4) is 0 Å². The van der Waals surface area contributed by atoms with Gasteiger partial charge in [-0.2, -0.15) is 13.2 Å². The predicted molar refractivity (Wildman–Crippen MR) is 84.6 cm³/mol. The van der Waals surface area contributed by atoms with Gasteiger partial charge in [-0.3, -0.25) is 9.97 Å². The summed E-state index contributed by atoms with van der Waals surface area (Å²) in [5, 5.41) is 2.72. The van der Waals surface area contributed by atoms with Crippen molar-refractivity contribution >= 4 is 6.03 Å². The number of hydrogen-bond acceptors (Lipinski definition) is 3. The van der Waals surface area contributed by atoms with Gasteiger partial charge < -0.3 is 10.2 Å². The van der Waals surface area contributed by atoms with Gasteiger partial charge in [0.15, 0.2) is 0 Å². The number of nitrogens with zero attached hydrogens (tertiary/aromatic N) is 3. The van der Waals surface area contributed by atoms with Crippen molar-refractivity contribution in [3.05, 3.63) is 59.7 Å². The minimum Gasteiger partial charge on any atom is -0.334 e. The topological polar surface area (TPSA) is 58.1 Å². The molecular formula is C17H17F3N4O. The summed E-state index contributed by atoms with van der Waals surface area (Å²) in [6.07, 6.45) is 1.05. The first-order chi connectivity index (χ1) is 11.9. The molecule has 1 N–H and O–H groups in total. The van der Waals surface area contributed by atoms with Gasteiger partial charge >= 0.3 is 12.2 Å². The monoisotopic (exact) mass is 350 g/mol. The molecular weight excluding hydrogens is 333 g/mol. The molecule has 1 atom stereocenters. The van der Waals surface area contributed by atoms with E-state index in [4.69, 9.17) is 0 Å². The minimum atomic E-state index is -4.46. The van der Waals surface area contributed by atoms with Crippen molar-refractivity contribution in [2.24, 2.45) is 0 Å². The van der Waals surface area contributed by atoms with Crippen LogP contribution in [-0.2, 0) is 12.7 Å². The lowest BCUT2D eigenvalue weighted by Gasteiger charge is -2.17. The predicted octanol–water partition coefficient (Wildman–Crippen LogP) is 3.19. The van der Waals surface area contributed by atoms with E-state index in [0.29, 0.717) is 18.7 Å². The molecule has 8 heteroatoms. The number of carbonyl (C=O) groups is 1. The summed E-state index contributed by atoms with van der Waals surface area (Å²) in [5.41, 5.74) is 0.676. The number of amides is 2. The summed E-state index contributed by atoms with van der Waals surface area (Å²) in [7, 11) is 0. The van der Waals surface area contributed by atoms with Gasteiger partial charge in [-0.25, -0.2) is 4.79 Å². The molecule has 1 fully saturated rings. The lowest BCUT2D eigenvalue weighted by atomic mass is 10.0. The highest BCUT2D eigenvalue weighted by molar-refractivity contribution is 5.74. The SMILES string of the molecule is O=C(NCc1ccc(C(F)(F)F)nc1)N1CCC(c2cccnc2)C1. The molecule has 2 aromatic rings. The van der Waals surface area contributed by atoms with E-state index < -0.39 is 11.9 Å². The number of nitrogens with one attached hydrogen (secondary N) is 1. The van der Waals surface area contributed by atoms with Gasteiger partial charge in [0.2, 0.25) is 0 Å². The first-order valence-electron chi connectivity index (χ1n) is 7.88. The molecule has 1 unspecified atom stereocenters. The van der Waals surface area contributed by atoms with E-state index in [2.05, 4.69) is 15.3 Å². The molecule has 132 valence electrons. The Kier molecular flexibility index (Phi) is 4.87. The molecule has 0 radical (unpaired) electrons. The maximum Gasteiger partial charge on any atom is 0.433 e. The molecule has 0 aromatic carbocycles. The van der Waals surface area contributed by atoms with Crippen LogP contribution in [0.25, 0.3) is 0 Å². The number of pyridine rings is 2. The molecule has 1 aliphatic rings. The zero-order valence-corrected chi connectivity index (χ0v) is 13.3. The number of likely N-dealkylation sites (tertiary alicyclic amines) is 1. The maximum absolute atomic E-state index is 12.5. The lowest BCUT2D eigenvalue weighted by Crippen LogP contribution is -2.38. The van der Waals surface area contributed by atoms with Crippen molar-refractivity contribution in [3.63, 3.8) is 0 Å². The third-order valence-corrected chi connectivity index (χ3v) is 4.19. The summed E-state index contributed by atoms with van der Waals surface area (Å²) in [6, 6.07) is 5.86. The van der Waals surface area contributed by atoms with Gasteiger partial charge in [0, 0.05) is 44.1 Å². The zero-order valence-electron chi connectivity index (χ0n) is 13.3. The Hall–Kier alpha value is -2.64. The highest BCUT2D eigenvalue weighted by Crippen LogP contribution is 2.27. The van der Waals surface area contributed by atoms with Gasteiger partial charge in [0.1, 0.15) is 5.69 Å². The van der Waals surface area contributed by atoms with Crippen molar-refractivity contribution in [2.45, 2.75) is 25.1 Å². The van der Waals surface area contributed by atoms with Crippen LogP contribution in [0.2, 0.25) is 0 Å². The first-order valence-corrected chi connectivity index (χ1v) is 7.88. The van der Waals surface area contributed by atoms with E-state index in [1.807, 2.05) is 12.1 Å². The molecule has 0 saturated carbocycles. The van der Waals surface area contributed by atoms with E-state index in [0.717, 1.165) is 24.2 Å². The zero-order chi connectivity index (χ0) is 17.9. The molecule has 25 heavy (non-hydrogen) atoms. The fourth-order valence-electron chi connectivity index (χ4n) is 2.82. The minimum absolute atomic E-state index is 0.137. The Morgan fingerprint density at radius 2 is 2.12 bits per heavy atom. The Morgan fingerprint density at radius 3 is 2.76 bits per heavy atom. The normalized spacial score (nSPS) is 17.6. The maximum atomic E-state index is 12.5. The quantitative estimate of drug-likeness (QED) is 0.925. The number of hydrogen-bond donors (Lipinski definition) is 1. The third kappa shape index (κ3) is 4.26. The average molecular weight is 350 g/mol. The van der Waals surface area contributed by atoms with Crippen LogP contribution in [0.15, 0.2) is 42.9 Å². The fraction of sp³-hybridized carbons (Fsp3) is 0.353. The number of halogens is 3. The standard InChI is InChI=1S/C17H17F3N4O/c18-17(19,20)15-4-3-12(8-22-15)9-23-16(25)24-7-5-14(11-24)13-2-1-6-21-10-13/h1-4,6,8,10,14H,5,7,9,11H2,(H,23,25). The molecule has 1 saturated heterocycles. The lowest BCUT2D eigenvalue weighted by molar-refractivity contribution is -0.141. The van der Waals surface area contributed by atoms with Gasteiger partial charge in [-0.15, -0.1) is 0 Å². The third-order valence-electron chi connectivity index (χ3n) is 4.19. The highest BCUT2D eigenvalue weighted by Gasteiger charge is 2.32. The van der Waals surface area contributed by atoms with E-state index in [1.165, 1.54) is 6.07 Å². The van der Waals surface area contributed by atoms with Crippen molar-refractivity contribution in [3.8, 4) is 0 Å². The summed E-state index contributed by atoms with van der Waals surface area (Å²) in [6.45, 7) is 1.37. The van der Waals surface area contributed by atoms with Crippen LogP contribution >= 0.6 is 0 Å². The molecule has 2 aromatic heterocycles. The second kappa shape index (κ2) is 7.08. The van der Waals surface area contributed by atoms with Crippen LogP contribution in [0.4, 0.5) is 18.0 Å². The molecule has 3 rings (SSSR count). The summed E-state index contributed by atoms with van der Waals surface area (Å²) < 4.78 is 37.4. The van der Waals surface area contributed by atoms with Crippen LogP contribution < -0.4 is 5.32 Å². The Bertz CT molecular complexity index is 719. The summed E-state index contributed by atoms with van der Waals surface area (Å²) in [4.78, 5) is 21.4. The summed E-state index contributed by atoms with van der Waals surface area (Å²) >= 11 is 0. The molecule has 0 aliphatic carbocycles. The summed E-state index contributed by atoms with van der Waals surface area (Å²) in [5.74, 6) is 0.257. The van der Waals surface area contributed by atoms with Crippen molar-refractivity contribution < 1.29 is 18.0 Å². The van der Waals surface area contributed by atoms with Gasteiger partial charge in [0.25, 0.3) is 0 Å². The Labute approximate surface area is 142 Å². The van der Waals surface area contributed by atoms with Gasteiger partial charge in [0.05, 0.1) is 0 Å². The van der Waals surface area contributed by atoms with E-state index in [9.17, 15) is 18.0 Å². The largest absolute Gasteiger partial charge is 0.433 e. The fourth-order valence-corrected chi connectivity index (χ4v) is 2.82. The highest BCUT2D eigenvalue weighted by atomic mass is 19.4. The number of urea groups is 1. The number of aromatic nitrogens is 2. The van der Waals surface area contributed by atoms with Crippen LogP contribution in [0, 0.1) is 0 Å². The molecule has 3 heterocycles. The molecule has 0 spiro atoms. The average Bonchev–Trinajstić information content (AvgIpc) is 3.10. The molecule has 5 nitrogen and oxygen atoms in total.